The number of carbonyl (C=O) groups is 1. The van der Waals surface area contributed by atoms with Crippen molar-refractivity contribution in [2.24, 2.45) is 0 Å². The first-order valence-corrected chi connectivity index (χ1v) is 12.6. The average molecular weight is 489 g/mol. The lowest BCUT2D eigenvalue weighted by Gasteiger charge is -2.33. The van der Waals surface area contributed by atoms with Gasteiger partial charge in [-0.25, -0.2) is 18.1 Å². The van der Waals surface area contributed by atoms with E-state index in [0.29, 0.717) is 35.4 Å². The Morgan fingerprint density at radius 2 is 1.86 bits per heavy atom. The number of rotatable bonds is 6. The number of carbonyl (C=O) groups excluding carboxylic acids is 1. The van der Waals surface area contributed by atoms with Gasteiger partial charge in [-0.15, -0.1) is 0 Å². The van der Waals surface area contributed by atoms with Gasteiger partial charge in [0.1, 0.15) is 10.4 Å². The molecule has 178 valence electrons. The molecule has 1 aliphatic heterocycles. The van der Waals surface area contributed by atoms with Gasteiger partial charge in [-0.3, -0.25) is 14.8 Å². The van der Waals surface area contributed by atoms with Crippen LogP contribution in [0.25, 0.3) is 22.3 Å². The molecule has 35 heavy (non-hydrogen) atoms. The maximum Gasteiger partial charge on any atom is 0.242 e. The maximum atomic E-state index is 12.9. The van der Waals surface area contributed by atoms with E-state index < -0.39 is 10.0 Å². The monoisotopic (exact) mass is 488 g/mol. The molecule has 0 spiro atoms. The predicted octanol–water partition coefficient (Wildman–Crippen LogP) is 2.45. The van der Waals surface area contributed by atoms with E-state index in [2.05, 4.69) is 14.7 Å². The molecule has 1 fully saturated rings. The predicted molar refractivity (Wildman–Crippen MR) is 133 cm³/mol. The van der Waals surface area contributed by atoms with Gasteiger partial charge in [-0.05, 0) is 29.8 Å². The number of nitrogens with one attached hydrogen (secondary N) is 1. The van der Waals surface area contributed by atoms with E-state index in [0.717, 1.165) is 11.3 Å². The number of piperazine rings is 1. The van der Waals surface area contributed by atoms with Crippen LogP contribution in [0, 0.1) is 0 Å². The minimum atomic E-state index is -3.77. The van der Waals surface area contributed by atoms with Gasteiger partial charge in [-0.2, -0.15) is 0 Å². The Hall–Kier alpha value is -3.89. The highest BCUT2D eigenvalue weighted by Gasteiger charge is 2.23. The number of pyridine rings is 3. The zero-order valence-electron chi connectivity index (χ0n) is 19.1. The summed E-state index contributed by atoms with van der Waals surface area (Å²) < 4.78 is 28.4. The van der Waals surface area contributed by atoms with E-state index in [1.807, 2.05) is 47.4 Å². The molecule has 1 saturated heterocycles. The number of sulfonamides is 1. The molecule has 4 heterocycles. The first-order valence-electron chi connectivity index (χ1n) is 11.1. The van der Waals surface area contributed by atoms with Gasteiger partial charge < -0.3 is 9.80 Å². The van der Waals surface area contributed by atoms with Crippen molar-refractivity contribution in [3.63, 3.8) is 0 Å². The van der Waals surface area contributed by atoms with Crippen LogP contribution in [0.1, 0.15) is 5.56 Å². The molecule has 3 aromatic heterocycles. The van der Waals surface area contributed by atoms with Crippen molar-refractivity contribution in [2.45, 2.75) is 11.4 Å². The molecule has 4 aromatic rings. The number of anilines is 1. The number of benzene rings is 1. The maximum absolute atomic E-state index is 12.9. The number of hydrogen-bond donors (Lipinski definition) is 1. The van der Waals surface area contributed by atoms with E-state index in [4.69, 9.17) is 4.98 Å². The van der Waals surface area contributed by atoms with Crippen LogP contribution >= 0.6 is 0 Å². The molecule has 0 radical (unpaired) electrons. The molecule has 1 aliphatic rings. The van der Waals surface area contributed by atoms with Crippen LogP contribution in [-0.4, -0.2) is 60.9 Å². The fraction of sp³-hybridized carbons (Fsp3) is 0.200. The van der Waals surface area contributed by atoms with Crippen molar-refractivity contribution in [1.82, 2.24) is 24.6 Å². The first kappa shape index (κ1) is 22.9. The standard InChI is InChI=1S/C25H24N6O3S/c1-30-11-12-31(17-24(30)32)23-9-10-27-22-8-7-21(29-25(22)23)19-13-20(16-26-15-19)35(33,34)28-14-18-5-3-2-4-6-18/h2-10,13,15-16,28H,11-12,14,17H2,1H3. The highest BCUT2D eigenvalue weighted by Crippen LogP contribution is 2.28. The fourth-order valence-corrected chi connectivity index (χ4v) is 4.96. The van der Waals surface area contributed by atoms with Gasteiger partial charge in [-0.1, -0.05) is 30.3 Å². The average Bonchev–Trinajstić information content (AvgIpc) is 2.89. The number of likely N-dealkylation sites (N-methyl/N-ethyl adjacent to an activating group) is 1. The number of aromatic nitrogens is 3. The van der Waals surface area contributed by atoms with Crippen molar-refractivity contribution < 1.29 is 13.2 Å². The molecule has 5 rings (SSSR count). The Bertz CT molecular complexity index is 1490. The molecule has 1 N–H and O–H groups in total. The summed E-state index contributed by atoms with van der Waals surface area (Å²) in [7, 11) is -1.98. The summed E-state index contributed by atoms with van der Waals surface area (Å²) in [4.78, 5) is 29.4. The lowest BCUT2D eigenvalue weighted by molar-refractivity contribution is -0.129. The fourth-order valence-electron chi connectivity index (χ4n) is 3.96. The highest BCUT2D eigenvalue weighted by atomic mass is 32.2. The zero-order valence-corrected chi connectivity index (χ0v) is 19.9. The second-order valence-corrected chi connectivity index (χ2v) is 10.1. The molecule has 9 nitrogen and oxygen atoms in total. The Morgan fingerprint density at radius 1 is 1.03 bits per heavy atom. The zero-order chi connectivity index (χ0) is 24.4. The third-order valence-electron chi connectivity index (χ3n) is 5.99. The highest BCUT2D eigenvalue weighted by molar-refractivity contribution is 7.89. The van der Waals surface area contributed by atoms with Gasteiger partial charge >= 0.3 is 0 Å². The minimum absolute atomic E-state index is 0.0440. The molecule has 10 heteroatoms. The quantitative estimate of drug-likeness (QED) is 0.444. The number of hydrogen-bond acceptors (Lipinski definition) is 7. The van der Waals surface area contributed by atoms with Crippen LogP contribution in [-0.2, 0) is 21.4 Å². The van der Waals surface area contributed by atoms with Crippen LogP contribution in [0.2, 0.25) is 0 Å². The summed E-state index contributed by atoms with van der Waals surface area (Å²) in [5.41, 5.74) is 4.16. The number of fused-ring (bicyclic) bond motifs is 1. The van der Waals surface area contributed by atoms with E-state index in [1.165, 1.54) is 6.20 Å². The summed E-state index contributed by atoms with van der Waals surface area (Å²) in [6.07, 6.45) is 4.61. The molecular formula is C25H24N6O3S. The third-order valence-corrected chi connectivity index (χ3v) is 7.36. The Morgan fingerprint density at radius 3 is 2.66 bits per heavy atom. The van der Waals surface area contributed by atoms with Crippen LogP contribution in [0.3, 0.4) is 0 Å². The smallest absolute Gasteiger partial charge is 0.242 e. The van der Waals surface area contributed by atoms with Crippen molar-refractivity contribution in [3.8, 4) is 11.3 Å². The number of nitrogens with zero attached hydrogens (tertiary/aromatic N) is 5. The van der Waals surface area contributed by atoms with E-state index in [1.54, 1.807) is 36.5 Å². The van der Waals surface area contributed by atoms with Crippen molar-refractivity contribution in [3.05, 3.63) is 78.8 Å². The third kappa shape index (κ3) is 4.84. The minimum Gasteiger partial charge on any atom is -0.359 e. The lowest BCUT2D eigenvalue weighted by Crippen LogP contribution is -2.48. The molecule has 0 unspecified atom stereocenters. The van der Waals surface area contributed by atoms with Crippen LogP contribution in [0.4, 0.5) is 5.69 Å². The van der Waals surface area contributed by atoms with Gasteiger partial charge in [0.05, 0.1) is 23.4 Å². The van der Waals surface area contributed by atoms with Gasteiger partial charge in [0.15, 0.2) is 0 Å². The second-order valence-electron chi connectivity index (χ2n) is 8.35. The molecule has 0 atom stereocenters. The second kappa shape index (κ2) is 9.40. The molecule has 0 bridgehead atoms. The Labute approximate surface area is 203 Å². The largest absolute Gasteiger partial charge is 0.359 e. The number of amides is 1. The van der Waals surface area contributed by atoms with Crippen LogP contribution in [0.15, 0.2) is 78.1 Å². The molecule has 0 aliphatic carbocycles. The van der Waals surface area contributed by atoms with Crippen LogP contribution in [0.5, 0.6) is 0 Å². The summed E-state index contributed by atoms with van der Waals surface area (Å²) in [5.74, 6) is 0.0440. The summed E-state index contributed by atoms with van der Waals surface area (Å²) >= 11 is 0. The summed E-state index contributed by atoms with van der Waals surface area (Å²) in [6, 6.07) is 16.4. The van der Waals surface area contributed by atoms with E-state index in [9.17, 15) is 13.2 Å². The van der Waals surface area contributed by atoms with E-state index in [-0.39, 0.29) is 23.9 Å². The molecular weight excluding hydrogens is 464 g/mol. The normalized spacial score (nSPS) is 14.5. The summed E-state index contributed by atoms with van der Waals surface area (Å²) in [6.45, 7) is 1.77. The van der Waals surface area contributed by atoms with Gasteiger partial charge in [0, 0.05) is 50.8 Å². The van der Waals surface area contributed by atoms with Crippen molar-refractivity contribution in [2.75, 3.05) is 31.6 Å². The SMILES string of the molecule is CN1CCN(c2ccnc3ccc(-c4cncc(S(=O)(=O)NCc5ccccc5)c4)nc23)CC1=O. The van der Waals surface area contributed by atoms with Crippen molar-refractivity contribution in [1.29, 1.82) is 0 Å². The van der Waals surface area contributed by atoms with Crippen molar-refractivity contribution >= 4 is 32.7 Å². The van der Waals surface area contributed by atoms with Gasteiger partial charge in [0.2, 0.25) is 15.9 Å². The van der Waals surface area contributed by atoms with E-state index >= 15 is 0 Å². The summed E-state index contributed by atoms with van der Waals surface area (Å²) in [5, 5.41) is 0. The first-order chi connectivity index (χ1) is 16.9. The molecule has 1 amide bonds. The molecule has 0 saturated carbocycles. The molecule has 1 aromatic carbocycles. The Kier molecular flexibility index (Phi) is 6.14. The topological polar surface area (TPSA) is 108 Å². The van der Waals surface area contributed by atoms with Crippen LogP contribution < -0.4 is 9.62 Å². The lowest BCUT2D eigenvalue weighted by atomic mass is 10.1. The van der Waals surface area contributed by atoms with Gasteiger partial charge in [0.25, 0.3) is 0 Å². The Balaban J connectivity index is 1.46.